The van der Waals surface area contributed by atoms with E-state index >= 15 is 0 Å². The van der Waals surface area contributed by atoms with Crippen LogP contribution in [0.5, 0.6) is 0 Å². The van der Waals surface area contributed by atoms with Gasteiger partial charge in [-0.25, -0.2) is 0 Å². The zero-order valence-corrected chi connectivity index (χ0v) is 6.39. The second kappa shape index (κ2) is 2.57. The molecule has 0 aliphatic carbocycles. The van der Waals surface area contributed by atoms with Crippen molar-refractivity contribution < 1.29 is 4.79 Å². The molecule has 11 heavy (non-hydrogen) atoms. The molecule has 2 aliphatic rings. The lowest BCUT2D eigenvalue weighted by atomic mass is 9.88. The van der Waals surface area contributed by atoms with Gasteiger partial charge in [0.15, 0.2) is 0 Å². The third kappa shape index (κ3) is 1.11. The monoisotopic (exact) mass is 152 g/mol. The van der Waals surface area contributed by atoms with Crippen LogP contribution in [0.3, 0.4) is 0 Å². The number of amides is 1. The van der Waals surface area contributed by atoms with E-state index in [-0.39, 0.29) is 5.91 Å². The van der Waals surface area contributed by atoms with Gasteiger partial charge in [-0.2, -0.15) is 0 Å². The van der Waals surface area contributed by atoms with Crippen LogP contribution >= 0.6 is 0 Å². The van der Waals surface area contributed by atoms with Crippen molar-refractivity contribution in [3.05, 3.63) is 11.8 Å². The highest BCUT2D eigenvalue weighted by molar-refractivity contribution is 5.94. The van der Waals surface area contributed by atoms with Gasteiger partial charge in [0.05, 0.1) is 0 Å². The normalized spacial score (nSPS) is 29.6. The Morgan fingerprint density at radius 3 is 3.00 bits per heavy atom. The van der Waals surface area contributed by atoms with Gasteiger partial charge in [0.25, 0.3) is 0 Å². The largest absolute Gasteiger partial charge is 0.390 e. The van der Waals surface area contributed by atoms with E-state index in [2.05, 4.69) is 10.6 Å². The summed E-state index contributed by atoms with van der Waals surface area (Å²) >= 11 is 0. The van der Waals surface area contributed by atoms with E-state index in [1.807, 2.05) is 6.20 Å². The molecule has 0 spiro atoms. The van der Waals surface area contributed by atoms with Crippen LogP contribution in [0.15, 0.2) is 11.8 Å². The minimum atomic E-state index is 0.119. The summed E-state index contributed by atoms with van der Waals surface area (Å²) in [6.07, 6.45) is 4.08. The molecule has 3 nitrogen and oxygen atoms in total. The van der Waals surface area contributed by atoms with Crippen LogP contribution in [0.25, 0.3) is 0 Å². The summed E-state index contributed by atoms with van der Waals surface area (Å²) in [5.41, 5.74) is 0.947. The Morgan fingerprint density at radius 2 is 2.18 bits per heavy atom. The molecule has 0 aromatic rings. The number of nitrogens with one attached hydrogen (secondary N) is 2. The van der Waals surface area contributed by atoms with E-state index in [1.54, 1.807) is 0 Å². The van der Waals surface area contributed by atoms with E-state index < -0.39 is 0 Å². The first-order chi connectivity index (χ1) is 5.38. The van der Waals surface area contributed by atoms with Crippen LogP contribution in [-0.2, 0) is 4.79 Å². The number of carbonyl (C=O) groups is 1. The molecule has 2 heterocycles. The molecule has 60 valence electrons. The lowest BCUT2D eigenvalue weighted by molar-refractivity contribution is -0.119. The van der Waals surface area contributed by atoms with E-state index in [9.17, 15) is 4.79 Å². The van der Waals surface area contributed by atoms with Crippen LogP contribution in [0.4, 0.5) is 0 Å². The van der Waals surface area contributed by atoms with Gasteiger partial charge >= 0.3 is 0 Å². The van der Waals surface area contributed by atoms with Crippen molar-refractivity contribution in [1.29, 1.82) is 0 Å². The number of fused-ring (bicyclic) bond motifs is 1. The standard InChI is InChI=1S/C8H12N2O/c11-8-7-5-9-3-1-6(7)2-4-10-8/h5-6,9H,1-4H2,(H,10,11). The fourth-order valence-corrected chi connectivity index (χ4v) is 1.73. The van der Waals surface area contributed by atoms with Crippen molar-refractivity contribution in [3.8, 4) is 0 Å². The van der Waals surface area contributed by atoms with Gasteiger partial charge in [-0.05, 0) is 18.8 Å². The van der Waals surface area contributed by atoms with E-state index in [0.717, 1.165) is 31.5 Å². The van der Waals surface area contributed by atoms with Crippen LogP contribution < -0.4 is 10.6 Å². The highest BCUT2D eigenvalue weighted by atomic mass is 16.1. The molecular weight excluding hydrogens is 140 g/mol. The van der Waals surface area contributed by atoms with Gasteiger partial charge in [-0.15, -0.1) is 0 Å². The SMILES string of the molecule is O=C1NCCC2CCNC=C12. The predicted molar refractivity (Wildman–Crippen MR) is 41.8 cm³/mol. The number of rotatable bonds is 0. The number of hydrogen-bond acceptors (Lipinski definition) is 2. The zero-order chi connectivity index (χ0) is 7.68. The van der Waals surface area contributed by atoms with Gasteiger partial charge in [-0.3, -0.25) is 4.79 Å². The predicted octanol–water partition coefficient (Wildman–Crippen LogP) is -0.000300. The van der Waals surface area contributed by atoms with Crippen molar-refractivity contribution in [2.45, 2.75) is 12.8 Å². The summed E-state index contributed by atoms with van der Waals surface area (Å²) in [7, 11) is 0. The highest BCUT2D eigenvalue weighted by Crippen LogP contribution is 2.23. The molecule has 1 amide bonds. The molecule has 1 unspecified atom stereocenters. The number of carbonyl (C=O) groups excluding carboxylic acids is 1. The van der Waals surface area contributed by atoms with E-state index in [4.69, 9.17) is 0 Å². The van der Waals surface area contributed by atoms with Crippen LogP contribution in [-0.4, -0.2) is 19.0 Å². The summed E-state index contributed by atoms with van der Waals surface area (Å²) < 4.78 is 0. The first-order valence-electron chi connectivity index (χ1n) is 4.09. The Balaban J connectivity index is 2.21. The van der Waals surface area contributed by atoms with Crippen molar-refractivity contribution in [1.82, 2.24) is 10.6 Å². The molecule has 3 heteroatoms. The fraction of sp³-hybridized carbons (Fsp3) is 0.625. The molecule has 1 atom stereocenters. The topological polar surface area (TPSA) is 41.1 Å². The summed E-state index contributed by atoms with van der Waals surface area (Å²) in [6.45, 7) is 1.86. The number of hydrogen-bond donors (Lipinski definition) is 2. The Bertz CT molecular complexity index is 210. The third-order valence-electron chi connectivity index (χ3n) is 2.38. The summed E-state index contributed by atoms with van der Waals surface area (Å²) in [5.74, 6) is 0.637. The van der Waals surface area contributed by atoms with Gasteiger partial charge in [-0.1, -0.05) is 0 Å². The van der Waals surface area contributed by atoms with E-state index in [0.29, 0.717) is 5.92 Å². The summed E-state index contributed by atoms with van der Waals surface area (Å²) in [5, 5.41) is 5.93. The molecule has 2 aliphatic heterocycles. The molecule has 2 rings (SSSR count). The first-order valence-corrected chi connectivity index (χ1v) is 4.09. The molecule has 0 aromatic heterocycles. The lowest BCUT2D eigenvalue weighted by Gasteiger charge is -2.28. The lowest BCUT2D eigenvalue weighted by Crippen LogP contribution is -2.39. The van der Waals surface area contributed by atoms with Crippen molar-refractivity contribution >= 4 is 5.91 Å². The molecular formula is C8H12N2O. The van der Waals surface area contributed by atoms with Crippen molar-refractivity contribution in [2.24, 2.45) is 5.92 Å². The average Bonchev–Trinajstić information content (AvgIpc) is 2.06. The summed E-state index contributed by atoms with van der Waals surface area (Å²) in [4.78, 5) is 11.2. The first kappa shape index (κ1) is 6.70. The summed E-state index contributed by atoms with van der Waals surface area (Å²) in [6, 6.07) is 0. The minimum Gasteiger partial charge on any atom is -0.390 e. The van der Waals surface area contributed by atoms with Crippen LogP contribution in [0.2, 0.25) is 0 Å². The van der Waals surface area contributed by atoms with Gasteiger partial charge in [0.2, 0.25) is 5.91 Å². The maximum Gasteiger partial charge on any atom is 0.248 e. The smallest absolute Gasteiger partial charge is 0.248 e. The highest BCUT2D eigenvalue weighted by Gasteiger charge is 2.26. The average molecular weight is 152 g/mol. The number of piperidine rings is 1. The van der Waals surface area contributed by atoms with Gasteiger partial charge in [0.1, 0.15) is 0 Å². The van der Waals surface area contributed by atoms with Crippen LogP contribution in [0, 0.1) is 5.92 Å². The van der Waals surface area contributed by atoms with Crippen molar-refractivity contribution in [3.63, 3.8) is 0 Å². The molecule has 1 fully saturated rings. The molecule has 0 saturated carbocycles. The van der Waals surface area contributed by atoms with Crippen molar-refractivity contribution in [2.75, 3.05) is 13.1 Å². The van der Waals surface area contributed by atoms with Gasteiger partial charge < -0.3 is 10.6 Å². The molecule has 2 N–H and O–H groups in total. The molecule has 0 bridgehead atoms. The molecule has 0 aromatic carbocycles. The zero-order valence-electron chi connectivity index (χ0n) is 6.39. The molecule has 0 radical (unpaired) electrons. The van der Waals surface area contributed by atoms with E-state index in [1.165, 1.54) is 0 Å². The molecule has 1 saturated heterocycles. The Morgan fingerprint density at radius 1 is 1.36 bits per heavy atom. The maximum atomic E-state index is 11.2. The second-order valence-corrected chi connectivity index (χ2v) is 3.08. The maximum absolute atomic E-state index is 11.2. The Hall–Kier alpha value is -0.990. The van der Waals surface area contributed by atoms with Crippen LogP contribution in [0.1, 0.15) is 12.8 Å². The van der Waals surface area contributed by atoms with Gasteiger partial charge in [0, 0.05) is 24.9 Å². The Labute approximate surface area is 65.9 Å². The quantitative estimate of drug-likeness (QED) is 0.513. The second-order valence-electron chi connectivity index (χ2n) is 3.08. The Kier molecular flexibility index (Phi) is 1.56. The fourth-order valence-electron chi connectivity index (χ4n) is 1.73. The third-order valence-corrected chi connectivity index (χ3v) is 2.38. The minimum absolute atomic E-state index is 0.119.